The maximum Gasteiger partial charge on any atom is 0.226 e. The van der Waals surface area contributed by atoms with E-state index in [1.807, 2.05) is 41.2 Å². The molecule has 0 spiro atoms. The highest BCUT2D eigenvalue weighted by molar-refractivity contribution is 5.85. The minimum Gasteiger partial charge on any atom is -0.342 e. The van der Waals surface area contributed by atoms with Crippen molar-refractivity contribution >= 4 is 18.3 Å². The number of amides is 1. The molecule has 2 aliphatic heterocycles. The maximum absolute atomic E-state index is 12.6. The maximum atomic E-state index is 12.6. The fourth-order valence-electron chi connectivity index (χ4n) is 3.94. The van der Waals surface area contributed by atoms with Gasteiger partial charge in [0.05, 0.1) is 12.1 Å². The average Bonchev–Trinajstić information content (AvgIpc) is 3.24. The molecule has 2 fully saturated rings. The Morgan fingerprint density at radius 3 is 2.40 bits per heavy atom. The Morgan fingerprint density at radius 1 is 1.12 bits per heavy atom. The van der Waals surface area contributed by atoms with E-state index in [4.69, 9.17) is 0 Å². The van der Waals surface area contributed by atoms with Gasteiger partial charge in [0.15, 0.2) is 0 Å². The van der Waals surface area contributed by atoms with E-state index in [0.717, 1.165) is 62.1 Å². The second-order valence-corrected chi connectivity index (χ2v) is 6.93. The van der Waals surface area contributed by atoms with Gasteiger partial charge in [0.1, 0.15) is 0 Å². The number of nitrogens with one attached hydrogen (secondary N) is 1. The SMILES string of the molecule is Cl.O=C(Cc1ccc(-n2cccn2)cc1)N1CC[C@@H]2CNC[C@@H]2CC1. The Balaban J connectivity index is 0.00000182. The quantitative estimate of drug-likeness (QED) is 0.913. The number of nitrogens with zero attached hydrogens (tertiary/aromatic N) is 3. The molecule has 2 atom stereocenters. The summed E-state index contributed by atoms with van der Waals surface area (Å²) in [5, 5.41) is 7.71. The first kappa shape index (κ1) is 18.0. The summed E-state index contributed by atoms with van der Waals surface area (Å²) >= 11 is 0. The highest BCUT2D eigenvalue weighted by atomic mass is 35.5. The fourth-order valence-corrected chi connectivity index (χ4v) is 3.94. The van der Waals surface area contributed by atoms with Gasteiger partial charge in [0.2, 0.25) is 5.91 Å². The van der Waals surface area contributed by atoms with Crippen LogP contribution in [-0.2, 0) is 11.2 Å². The number of halogens is 1. The second-order valence-electron chi connectivity index (χ2n) is 6.93. The first-order valence-electron chi connectivity index (χ1n) is 8.87. The van der Waals surface area contributed by atoms with Gasteiger partial charge in [-0.15, -0.1) is 12.4 Å². The minimum absolute atomic E-state index is 0. The minimum atomic E-state index is 0. The molecule has 3 heterocycles. The van der Waals surface area contributed by atoms with Gasteiger partial charge in [-0.3, -0.25) is 4.79 Å². The van der Waals surface area contributed by atoms with Crippen LogP contribution in [0.2, 0.25) is 0 Å². The predicted octanol–water partition coefficient (Wildman–Crippen LogP) is 2.29. The standard InChI is InChI=1S/C19H24N4O.ClH/c24-19(22-10-6-16-13-20-14-17(16)7-11-22)12-15-2-4-18(5-3-15)23-9-1-8-21-23;/h1-5,8-9,16-17,20H,6-7,10-14H2;1H/t16-,17+;. The Bertz CT molecular complexity index is 672. The van der Waals surface area contributed by atoms with Gasteiger partial charge in [0, 0.05) is 25.5 Å². The summed E-state index contributed by atoms with van der Waals surface area (Å²) < 4.78 is 1.83. The molecule has 1 N–H and O–H groups in total. The third kappa shape index (κ3) is 4.05. The Kier molecular flexibility index (Phi) is 5.76. The molecule has 0 aliphatic carbocycles. The highest BCUT2D eigenvalue weighted by Crippen LogP contribution is 2.27. The lowest BCUT2D eigenvalue weighted by atomic mass is 9.92. The lowest BCUT2D eigenvalue weighted by Gasteiger charge is -2.21. The van der Waals surface area contributed by atoms with Crippen LogP contribution in [0.3, 0.4) is 0 Å². The zero-order valence-electron chi connectivity index (χ0n) is 14.3. The molecule has 0 saturated carbocycles. The lowest BCUT2D eigenvalue weighted by Crippen LogP contribution is -2.33. The van der Waals surface area contributed by atoms with Crippen molar-refractivity contribution in [2.24, 2.45) is 11.8 Å². The van der Waals surface area contributed by atoms with E-state index in [1.165, 1.54) is 0 Å². The van der Waals surface area contributed by atoms with Gasteiger partial charge >= 0.3 is 0 Å². The van der Waals surface area contributed by atoms with E-state index in [0.29, 0.717) is 6.42 Å². The molecule has 0 unspecified atom stereocenters. The summed E-state index contributed by atoms with van der Waals surface area (Å²) in [4.78, 5) is 14.7. The van der Waals surface area contributed by atoms with E-state index >= 15 is 0 Å². The summed E-state index contributed by atoms with van der Waals surface area (Å²) in [6, 6.07) is 10.0. The summed E-state index contributed by atoms with van der Waals surface area (Å²) in [7, 11) is 0. The molecule has 2 saturated heterocycles. The van der Waals surface area contributed by atoms with Crippen LogP contribution in [0, 0.1) is 11.8 Å². The topological polar surface area (TPSA) is 50.2 Å². The number of carbonyl (C=O) groups is 1. The summed E-state index contributed by atoms with van der Waals surface area (Å²) in [6.07, 6.45) is 6.46. The number of rotatable bonds is 3. The van der Waals surface area contributed by atoms with Gasteiger partial charge in [-0.25, -0.2) is 4.68 Å². The van der Waals surface area contributed by atoms with Gasteiger partial charge in [0.25, 0.3) is 0 Å². The van der Waals surface area contributed by atoms with Crippen molar-refractivity contribution in [3.05, 3.63) is 48.3 Å². The Morgan fingerprint density at radius 2 is 1.80 bits per heavy atom. The van der Waals surface area contributed by atoms with Crippen LogP contribution < -0.4 is 5.32 Å². The third-order valence-electron chi connectivity index (χ3n) is 5.43. The van der Waals surface area contributed by atoms with Crippen LogP contribution in [0.5, 0.6) is 0 Å². The predicted molar refractivity (Wildman–Crippen MR) is 100 cm³/mol. The van der Waals surface area contributed by atoms with Gasteiger partial charge in [-0.1, -0.05) is 12.1 Å². The number of hydrogen-bond acceptors (Lipinski definition) is 3. The van der Waals surface area contributed by atoms with Crippen LogP contribution in [-0.4, -0.2) is 46.8 Å². The molecular formula is C19H25ClN4O. The van der Waals surface area contributed by atoms with Crippen LogP contribution in [0.4, 0.5) is 0 Å². The normalized spacial score (nSPS) is 22.8. The molecule has 2 aliphatic rings. The van der Waals surface area contributed by atoms with Gasteiger partial charge in [-0.05, 0) is 61.5 Å². The van der Waals surface area contributed by atoms with E-state index < -0.39 is 0 Å². The third-order valence-corrected chi connectivity index (χ3v) is 5.43. The molecule has 1 aromatic carbocycles. The first-order valence-corrected chi connectivity index (χ1v) is 8.87. The molecule has 1 aromatic heterocycles. The van der Waals surface area contributed by atoms with Crippen LogP contribution in [0.1, 0.15) is 18.4 Å². The van der Waals surface area contributed by atoms with Crippen molar-refractivity contribution in [3.8, 4) is 5.69 Å². The number of carbonyl (C=O) groups excluding carboxylic acids is 1. The molecule has 4 rings (SSSR count). The Labute approximate surface area is 154 Å². The number of aromatic nitrogens is 2. The summed E-state index contributed by atoms with van der Waals surface area (Å²) in [5.41, 5.74) is 2.09. The van der Waals surface area contributed by atoms with Crippen LogP contribution in [0.15, 0.2) is 42.7 Å². The first-order chi connectivity index (χ1) is 11.8. The highest BCUT2D eigenvalue weighted by Gasteiger charge is 2.31. The van der Waals surface area contributed by atoms with Crippen molar-refractivity contribution < 1.29 is 4.79 Å². The molecule has 25 heavy (non-hydrogen) atoms. The fraction of sp³-hybridized carbons (Fsp3) is 0.474. The number of fused-ring (bicyclic) bond motifs is 1. The monoisotopic (exact) mass is 360 g/mol. The summed E-state index contributed by atoms with van der Waals surface area (Å²) in [6.45, 7) is 4.07. The zero-order chi connectivity index (χ0) is 16.4. The number of benzene rings is 1. The molecule has 0 radical (unpaired) electrons. The van der Waals surface area contributed by atoms with E-state index in [9.17, 15) is 4.79 Å². The molecule has 1 amide bonds. The van der Waals surface area contributed by atoms with Crippen molar-refractivity contribution in [1.29, 1.82) is 0 Å². The largest absolute Gasteiger partial charge is 0.342 e. The second kappa shape index (κ2) is 8.02. The van der Waals surface area contributed by atoms with Gasteiger partial charge < -0.3 is 10.2 Å². The molecule has 134 valence electrons. The van der Waals surface area contributed by atoms with Crippen molar-refractivity contribution in [2.75, 3.05) is 26.2 Å². The molecule has 6 heteroatoms. The molecular weight excluding hydrogens is 336 g/mol. The summed E-state index contributed by atoms with van der Waals surface area (Å²) in [5.74, 6) is 1.78. The van der Waals surface area contributed by atoms with Crippen molar-refractivity contribution in [1.82, 2.24) is 20.0 Å². The van der Waals surface area contributed by atoms with Crippen LogP contribution in [0.25, 0.3) is 5.69 Å². The van der Waals surface area contributed by atoms with Gasteiger partial charge in [-0.2, -0.15) is 5.10 Å². The smallest absolute Gasteiger partial charge is 0.226 e. The lowest BCUT2D eigenvalue weighted by molar-refractivity contribution is -0.130. The zero-order valence-corrected chi connectivity index (χ0v) is 15.1. The van der Waals surface area contributed by atoms with E-state index in [-0.39, 0.29) is 18.3 Å². The number of hydrogen-bond donors (Lipinski definition) is 1. The molecule has 2 aromatic rings. The molecule has 5 nitrogen and oxygen atoms in total. The van der Waals surface area contributed by atoms with E-state index in [2.05, 4.69) is 15.3 Å². The Hall–Kier alpha value is -1.85. The van der Waals surface area contributed by atoms with Crippen molar-refractivity contribution in [3.63, 3.8) is 0 Å². The molecule has 0 bridgehead atoms. The van der Waals surface area contributed by atoms with Crippen LogP contribution >= 0.6 is 12.4 Å². The van der Waals surface area contributed by atoms with E-state index in [1.54, 1.807) is 6.20 Å². The number of likely N-dealkylation sites (tertiary alicyclic amines) is 1. The average molecular weight is 361 g/mol. The van der Waals surface area contributed by atoms with Crippen molar-refractivity contribution in [2.45, 2.75) is 19.3 Å².